The lowest BCUT2D eigenvalue weighted by Crippen LogP contribution is -2.57. The molecule has 1 aromatic rings. The first kappa shape index (κ1) is 33.0. The normalized spacial score (nSPS) is 17.8. The molecule has 7 N–H and O–H groups in total. The Hall–Kier alpha value is -3.18. The zero-order valence-electron chi connectivity index (χ0n) is 24.1. The van der Waals surface area contributed by atoms with E-state index in [1.807, 2.05) is 51.1 Å². The predicted octanol–water partition coefficient (Wildman–Crippen LogP) is 1.63. The number of hydrogen-bond acceptors (Lipinski definition) is 6. The first-order chi connectivity index (χ1) is 18.9. The van der Waals surface area contributed by atoms with Gasteiger partial charge in [-0.15, -0.1) is 0 Å². The molecular weight excluding hydrogens is 514 g/mol. The summed E-state index contributed by atoms with van der Waals surface area (Å²) in [6, 6.07) is 6.24. The molecule has 1 aliphatic heterocycles. The number of amides is 4. The van der Waals surface area contributed by atoms with Crippen LogP contribution >= 0.6 is 0 Å². The number of nitrogens with zero attached hydrogens (tertiary/aromatic N) is 1. The lowest BCUT2D eigenvalue weighted by Gasteiger charge is -2.32. The number of aliphatic carboxylic acids is 1. The second kappa shape index (κ2) is 16.2. The molecule has 0 saturated carbocycles. The highest BCUT2D eigenvalue weighted by atomic mass is 16.4. The molecule has 0 aromatic heterocycles. The average molecular weight is 562 g/mol. The number of carboxylic acid groups (broad SMARTS) is 1. The third-order valence-electron chi connectivity index (χ3n) is 7.43. The number of nitrogens with two attached hydrogens (primary N) is 1. The second-order valence-corrected chi connectivity index (χ2v) is 11.3. The van der Waals surface area contributed by atoms with Gasteiger partial charge in [0.15, 0.2) is 0 Å². The van der Waals surface area contributed by atoms with Crippen molar-refractivity contribution >= 4 is 23.8 Å². The summed E-state index contributed by atoms with van der Waals surface area (Å²) in [6.07, 6.45) is 0.928. The van der Waals surface area contributed by atoms with Crippen LogP contribution in [-0.4, -0.2) is 82.3 Å². The maximum atomic E-state index is 13.5. The van der Waals surface area contributed by atoms with Crippen molar-refractivity contribution in [3.05, 3.63) is 35.9 Å². The predicted molar refractivity (Wildman–Crippen MR) is 152 cm³/mol. The Kier molecular flexibility index (Phi) is 13.4. The van der Waals surface area contributed by atoms with Crippen LogP contribution in [-0.2, 0) is 20.8 Å². The van der Waals surface area contributed by atoms with E-state index in [9.17, 15) is 29.4 Å². The fraction of sp³-hybridized carbons (Fsp3) is 0.655. The van der Waals surface area contributed by atoms with Gasteiger partial charge in [0.25, 0.3) is 0 Å². The van der Waals surface area contributed by atoms with Gasteiger partial charge in [-0.2, -0.15) is 0 Å². The van der Waals surface area contributed by atoms with Gasteiger partial charge in [0.05, 0.1) is 18.6 Å². The summed E-state index contributed by atoms with van der Waals surface area (Å²) >= 11 is 0. The Morgan fingerprint density at radius 3 is 2.20 bits per heavy atom. The van der Waals surface area contributed by atoms with Gasteiger partial charge in [-0.05, 0) is 36.7 Å². The number of carbonyl (C=O) groups is 4. The van der Waals surface area contributed by atoms with Crippen molar-refractivity contribution in [2.24, 2.45) is 17.6 Å². The minimum atomic E-state index is -1.26. The molecule has 1 heterocycles. The SMILES string of the molecule is CC[C@H](C)[C@H](NC(=O)C[C@H](O)[C@H](CC(C)C)NC(=O)[C@H](Cc1ccccc1)NC(=O)N1CCC(N)CC1)C(=O)O. The van der Waals surface area contributed by atoms with Crippen molar-refractivity contribution in [1.29, 1.82) is 0 Å². The van der Waals surface area contributed by atoms with Gasteiger partial charge in [0.1, 0.15) is 12.1 Å². The van der Waals surface area contributed by atoms with Gasteiger partial charge in [0, 0.05) is 25.6 Å². The van der Waals surface area contributed by atoms with Crippen molar-refractivity contribution < 1.29 is 29.4 Å². The Morgan fingerprint density at radius 2 is 1.65 bits per heavy atom. The first-order valence-electron chi connectivity index (χ1n) is 14.3. The van der Waals surface area contributed by atoms with Crippen LogP contribution in [0.5, 0.6) is 0 Å². The van der Waals surface area contributed by atoms with Gasteiger partial charge in [0.2, 0.25) is 11.8 Å². The number of piperidine rings is 1. The highest BCUT2D eigenvalue weighted by Gasteiger charge is 2.32. The van der Waals surface area contributed by atoms with Gasteiger partial charge < -0.3 is 36.8 Å². The fourth-order valence-corrected chi connectivity index (χ4v) is 4.75. The largest absolute Gasteiger partial charge is 0.480 e. The van der Waals surface area contributed by atoms with Crippen molar-refractivity contribution in [2.75, 3.05) is 13.1 Å². The number of carbonyl (C=O) groups excluding carboxylic acids is 3. The number of aliphatic hydroxyl groups excluding tert-OH is 1. The minimum Gasteiger partial charge on any atom is -0.480 e. The number of urea groups is 1. The zero-order valence-corrected chi connectivity index (χ0v) is 24.1. The summed E-state index contributed by atoms with van der Waals surface area (Å²) in [5.74, 6) is -2.43. The van der Waals surface area contributed by atoms with E-state index in [-0.39, 0.29) is 36.8 Å². The van der Waals surface area contributed by atoms with E-state index in [0.29, 0.717) is 38.8 Å². The summed E-state index contributed by atoms with van der Waals surface area (Å²) in [7, 11) is 0. The zero-order chi connectivity index (χ0) is 29.8. The summed E-state index contributed by atoms with van der Waals surface area (Å²) in [4.78, 5) is 52.5. The first-order valence-corrected chi connectivity index (χ1v) is 14.3. The Morgan fingerprint density at radius 1 is 1.02 bits per heavy atom. The van der Waals surface area contributed by atoms with E-state index in [1.54, 1.807) is 11.8 Å². The van der Waals surface area contributed by atoms with E-state index < -0.39 is 42.0 Å². The summed E-state index contributed by atoms with van der Waals surface area (Å²) in [6.45, 7) is 8.44. The third-order valence-corrected chi connectivity index (χ3v) is 7.43. The minimum absolute atomic E-state index is 0.0545. The summed E-state index contributed by atoms with van der Waals surface area (Å²) in [5, 5.41) is 28.7. The Balaban J connectivity index is 2.15. The number of benzene rings is 1. The van der Waals surface area contributed by atoms with E-state index in [4.69, 9.17) is 5.73 Å². The number of likely N-dealkylation sites (tertiary alicyclic amines) is 1. The van der Waals surface area contributed by atoms with Gasteiger partial charge in [-0.25, -0.2) is 9.59 Å². The quantitative estimate of drug-likeness (QED) is 0.200. The topological polar surface area (TPSA) is 174 Å². The van der Waals surface area contributed by atoms with Gasteiger partial charge in [-0.3, -0.25) is 9.59 Å². The molecule has 0 unspecified atom stereocenters. The number of rotatable bonds is 14. The molecular formula is C29H47N5O6. The van der Waals surface area contributed by atoms with Crippen molar-refractivity contribution in [2.45, 2.75) is 96.5 Å². The lowest BCUT2D eigenvalue weighted by atomic mass is 9.95. The van der Waals surface area contributed by atoms with Crippen LogP contribution in [0.1, 0.15) is 65.4 Å². The van der Waals surface area contributed by atoms with Crippen LogP contribution in [0.15, 0.2) is 30.3 Å². The van der Waals surface area contributed by atoms with Crippen LogP contribution in [0.3, 0.4) is 0 Å². The van der Waals surface area contributed by atoms with Crippen molar-refractivity contribution in [3.63, 3.8) is 0 Å². The van der Waals surface area contributed by atoms with Crippen molar-refractivity contribution in [3.8, 4) is 0 Å². The molecule has 11 nitrogen and oxygen atoms in total. The monoisotopic (exact) mass is 561 g/mol. The molecule has 224 valence electrons. The third kappa shape index (κ3) is 10.8. The Labute approximate surface area is 237 Å². The molecule has 1 aliphatic rings. The highest BCUT2D eigenvalue weighted by molar-refractivity contribution is 5.88. The smallest absolute Gasteiger partial charge is 0.326 e. The molecule has 4 amide bonds. The van der Waals surface area contributed by atoms with Crippen LogP contribution in [0, 0.1) is 11.8 Å². The molecule has 0 bridgehead atoms. The fourth-order valence-electron chi connectivity index (χ4n) is 4.75. The van der Waals surface area contributed by atoms with E-state index in [2.05, 4.69) is 16.0 Å². The maximum absolute atomic E-state index is 13.5. The standard InChI is InChI=1S/C29H47N5O6/c1-5-19(4)26(28(38)39)33-25(36)17-24(35)22(15-18(2)3)31-27(37)23(16-20-9-7-6-8-10-20)32-29(40)34-13-11-21(30)12-14-34/h6-10,18-19,21-24,26,35H,5,11-17,30H2,1-4H3,(H,31,37)(H,32,40)(H,33,36)(H,38,39)/t19-,22-,23-,24-,26-/m0/s1. The lowest BCUT2D eigenvalue weighted by molar-refractivity contribution is -0.143. The molecule has 1 aromatic carbocycles. The van der Waals surface area contributed by atoms with E-state index in [1.165, 1.54) is 0 Å². The van der Waals surface area contributed by atoms with Gasteiger partial charge >= 0.3 is 12.0 Å². The number of hydrogen-bond donors (Lipinski definition) is 6. The van der Waals surface area contributed by atoms with Crippen LogP contribution < -0.4 is 21.7 Å². The molecule has 0 spiro atoms. The molecule has 0 aliphatic carbocycles. The average Bonchev–Trinajstić information content (AvgIpc) is 2.90. The van der Waals surface area contributed by atoms with Crippen LogP contribution in [0.4, 0.5) is 4.79 Å². The maximum Gasteiger partial charge on any atom is 0.326 e. The number of carboxylic acids is 1. The molecule has 5 atom stereocenters. The van der Waals surface area contributed by atoms with Gasteiger partial charge in [-0.1, -0.05) is 64.4 Å². The summed E-state index contributed by atoms with van der Waals surface area (Å²) < 4.78 is 0. The Bertz CT molecular complexity index is 967. The van der Waals surface area contributed by atoms with Crippen LogP contribution in [0.2, 0.25) is 0 Å². The number of nitrogens with one attached hydrogen (secondary N) is 3. The van der Waals surface area contributed by atoms with E-state index >= 15 is 0 Å². The second-order valence-electron chi connectivity index (χ2n) is 11.3. The van der Waals surface area contributed by atoms with Crippen LogP contribution in [0.25, 0.3) is 0 Å². The molecule has 1 fully saturated rings. The molecule has 1 saturated heterocycles. The molecule has 40 heavy (non-hydrogen) atoms. The molecule has 11 heteroatoms. The van der Waals surface area contributed by atoms with Crippen molar-refractivity contribution in [1.82, 2.24) is 20.9 Å². The molecule has 0 radical (unpaired) electrons. The van der Waals surface area contributed by atoms with E-state index in [0.717, 1.165) is 5.56 Å². The molecule has 2 rings (SSSR count). The number of aliphatic hydroxyl groups is 1. The summed E-state index contributed by atoms with van der Waals surface area (Å²) in [5.41, 5.74) is 6.82. The highest BCUT2D eigenvalue weighted by Crippen LogP contribution is 2.15.